The van der Waals surface area contributed by atoms with E-state index < -0.39 is 0 Å². The lowest BCUT2D eigenvalue weighted by molar-refractivity contribution is -0.114. The van der Waals surface area contributed by atoms with Crippen molar-refractivity contribution < 1.29 is 9.59 Å². The second-order valence-electron chi connectivity index (χ2n) is 10.0. The molecule has 0 spiro atoms. The molecular formula is C34H32N2O2S. The number of thioether (sulfide) groups is 1. The highest BCUT2D eigenvalue weighted by molar-refractivity contribution is 8.04. The molecule has 1 aliphatic heterocycles. The first kappa shape index (κ1) is 26.5. The van der Waals surface area contributed by atoms with Gasteiger partial charge in [-0.15, -0.1) is 0 Å². The molecule has 196 valence electrons. The van der Waals surface area contributed by atoms with E-state index in [1.807, 2.05) is 71.6 Å². The van der Waals surface area contributed by atoms with Crippen molar-refractivity contribution in [3.05, 3.63) is 135 Å². The number of aryl methyl sites for hydroxylation is 2. The Kier molecular flexibility index (Phi) is 7.99. The van der Waals surface area contributed by atoms with E-state index in [4.69, 9.17) is 0 Å². The zero-order valence-corrected chi connectivity index (χ0v) is 23.3. The highest BCUT2D eigenvalue weighted by Crippen LogP contribution is 2.42. The Morgan fingerprint density at radius 3 is 2.41 bits per heavy atom. The normalized spacial score (nSPS) is 14.7. The van der Waals surface area contributed by atoms with Crippen LogP contribution in [0.3, 0.4) is 0 Å². The van der Waals surface area contributed by atoms with Gasteiger partial charge in [-0.1, -0.05) is 97.0 Å². The number of anilines is 1. The molecule has 39 heavy (non-hydrogen) atoms. The van der Waals surface area contributed by atoms with Crippen molar-refractivity contribution in [2.45, 2.75) is 38.1 Å². The van der Waals surface area contributed by atoms with Gasteiger partial charge in [-0.05, 0) is 72.4 Å². The third-order valence-electron chi connectivity index (χ3n) is 7.07. The molecule has 4 aromatic rings. The summed E-state index contributed by atoms with van der Waals surface area (Å²) in [4.78, 5) is 30.0. The minimum atomic E-state index is -0.103. The zero-order chi connectivity index (χ0) is 27.4. The average Bonchev–Trinajstić information content (AvgIpc) is 2.96. The first-order valence-electron chi connectivity index (χ1n) is 13.2. The summed E-state index contributed by atoms with van der Waals surface area (Å²) in [5.41, 5.74) is 7.10. The number of nitrogens with zero attached hydrogens (tertiary/aromatic N) is 1. The summed E-state index contributed by atoms with van der Waals surface area (Å²) in [6.45, 7) is 7.34. The average molecular weight is 533 g/mol. The van der Waals surface area contributed by atoms with Gasteiger partial charge in [-0.25, -0.2) is 0 Å². The standard InChI is InChI=1S/C34H32N2O2S/c1-23-13-14-24(2)29(19-23)22-36-30-11-7-8-12-31(30)39-32(34(36)38)20-26-15-17-28(18-16-26)33(37)35-21-25(3)27-9-5-4-6-10-27/h4-20,25H,21-22H2,1-3H3,(H,35,37)/b32-20-/t25-/m1/s1. The number of benzene rings is 4. The maximum atomic E-state index is 13.7. The predicted octanol–water partition coefficient (Wildman–Crippen LogP) is 7.52. The molecule has 5 heteroatoms. The van der Waals surface area contributed by atoms with Crippen LogP contribution in [0.4, 0.5) is 5.69 Å². The van der Waals surface area contributed by atoms with Crippen LogP contribution in [0.2, 0.25) is 0 Å². The molecular weight excluding hydrogens is 500 g/mol. The summed E-state index contributed by atoms with van der Waals surface area (Å²) in [6.07, 6.45) is 1.91. The predicted molar refractivity (Wildman–Crippen MR) is 161 cm³/mol. The Hall–Kier alpha value is -4.09. The molecule has 4 nitrogen and oxygen atoms in total. The molecule has 1 N–H and O–H groups in total. The zero-order valence-electron chi connectivity index (χ0n) is 22.5. The van der Waals surface area contributed by atoms with Gasteiger partial charge in [-0.3, -0.25) is 9.59 Å². The highest BCUT2D eigenvalue weighted by Gasteiger charge is 2.29. The van der Waals surface area contributed by atoms with Crippen LogP contribution in [0, 0.1) is 13.8 Å². The fraction of sp³-hybridized carbons (Fsp3) is 0.176. The highest BCUT2D eigenvalue weighted by atomic mass is 32.2. The van der Waals surface area contributed by atoms with E-state index in [-0.39, 0.29) is 17.7 Å². The minimum absolute atomic E-state index is 0.0173. The van der Waals surface area contributed by atoms with E-state index in [0.717, 1.165) is 21.7 Å². The van der Waals surface area contributed by atoms with E-state index >= 15 is 0 Å². The van der Waals surface area contributed by atoms with Crippen LogP contribution >= 0.6 is 11.8 Å². The van der Waals surface area contributed by atoms with Gasteiger partial charge in [0, 0.05) is 17.0 Å². The van der Waals surface area contributed by atoms with Crippen LogP contribution in [-0.2, 0) is 11.3 Å². The van der Waals surface area contributed by atoms with Gasteiger partial charge < -0.3 is 10.2 Å². The first-order chi connectivity index (χ1) is 18.9. The Labute approximate surface area is 234 Å². The number of fused-ring (bicyclic) bond motifs is 1. The monoisotopic (exact) mass is 532 g/mol. The Morgan fingerprint density at radius 2 is 1.64 bits per heavy atom. The second kappa shape index (κ2) is 11.7. The van der Waals surface area contributed by atoms with Gasteiger partial charge in [0.25, 0.3) is 11.8 Å². The van der Waals surface area contributed by atoms with Gasteiger partial charge in [0.15, 0.2) is 0 Å². The third-order valence-corrected chi connectivity index (χ3v) is 8.15. The van der Waals surface area contributed by atoms with Crippen LogP contribution < -0.4 is 10.2 Å². The van der Waals surface area contributed by atoms with Gasteiger partial charge in [0.1, 0.15) is 0 Å². The maximum Gasteiger partial charge on any atom is 0.265 e. The third kappa shape index (κ3) is 6.15. The Morgan fingerprint density at radius 1 is 0.923 bits per heavy atom. The summed E-state index contributed by atoms with van der Waals surface area (Å²) in [5.74, 6) is 0.105. The topological polar surface area (TPSA) is 49.4 Å². The van der Waals surface area contributed by atoms with Crippen molar-refractivity contribution in [3.8, 4) is 0 Å². The summed E-state index contributed by atoms with van der Waals surface area (Å²) in [5, 5.41) is 3.03. The number of para-hydroxylation sites is 1. The van der Waals surface area contributed by atoms with Crippen LogP contribution in [-0.4, -0.2) is 18.4 Å². The Balaban J connectivity index is 1.32. The number of amides is 2. The molecule has 1 heterocycles. The molecule has 1 aliphatic rings. The number of carbonyl (C=O) groups is 2. The van der Waals surface area contributed by atoms with Crippen LogP contribution in [0.25, 0.3) is 6.08 Å². The molecule has 0 radical (unpaired) electrons. The van der Waals surface area contributed by atoms with E-state index in [0.29, 0.717) is 23.6 Å². The van der Waals surface area contributed by atoms with Crippen molar-refractivity contribution in [1.82, 2.24) is 5.32 Å². The molecule has 5 rings (SSSR count). The number of carbonyl (C=O) groups excluding carboxylic acids is 2. The number of rotatable bonds is 7. The fourth-order valence-electron chi connectivity index (χ4n) is 4.69. The van der Waals surface area contributed by atoms with E-state index in [2.05, 4.69) is 62.5 Å². The molecule has 0 bridgehead atoms. The van der Waals surface area contributed by atoms with Crippen molar-refractivity contribution in [3.63, 3.8) is 0 Å². The van der Waals surface area contributed by atoms with E-state index in [1.165, 1.54) is 28.5 Å². The lowest BCUT2D eigenvalue weighted by atomic mass is 10.0. The quantitative estimate of drug-likeness (QED) is 0.251. The van der Waals surface area contributed by atoms with Gasteiger partial charge >= 0.3 is 0 Å². The fourth-order valence-corrected chi connectivity index (χ4v) is 5.75. The SMILES string of the molecule is Cc1ccc(C)c(CN2C(=O)/C(=C/c3ccc(C(=O)NC[C@@H](C)c4ccccc4)cc3)Sc3ccccc32)c1. The summed E-state index contributed by atoms with van der Waals surface area (Å²) in [7, 11) is 0. The van der Waals surface area contributed by atoms with Crippen LogP contribution in [0.1, 0.15) is 51.0 Å². The molecule has 0 fully saturated rings. The summed E-state index contributed by atoms with van der Waals surface area (Å²) < 4.78 is 0. The number of nitrogens with one attached hydrogen (secondary N) is 1. The van der Waals surface area contributed by atoms with Crippen molar-refractivity contribution in [1.29, 1.82) is 0 Å². The van der Waals surface area contributed by atoms with Crippen LogP contribution in [0.15, 0.2) is 107 Å². The molecule has 0 aromatic heterocycles. The summed E-state index contributed by atoms with van der Waals surface area (Å²) >= 11 is 1.49. The molecule has 4 aromatic carbocycles. The van der Waals surface area contributed by atoms with E-state index in [9.17, 15) is 9.59 Å². The number of hydrogen-bond donors (Lipinski definition) is 1. The maximum absolute atomic E-state index is 13.7. The van der Waals surface area contributed by atoms with Crippen LogP contribution in [0.5, 0.6) is 0 Å². The largest absolute Gasteiger partial charge is 0.351 e. The number of hydrogen-bond acceptors (Lipinski definition) is 3. The van der Waals surface area contributed by atoms with Gasteiger partial charge in [0.2, 0.25) is 0 Å². The lowest BCUT2D eigenvalue weighted by Crippen LogP contribution is -2.34. The first-order valence-corrected chi connectivity index (χ1v) is 14.0. The van der Waals surface area contributed by atoms with Crippen molar-refractivity contribution in [2.24, 2.45) is 0 Å². The second-order valence-corrected chi connectivity index (χ2v) is 11.1. The van der Waals surface area contributed by atoms with E-state index in [1.54, 1.807) is 0 Å². The lowest BCUT2D eigenvalue weighted by Gasteiger charge is -2.31. The minimum Gasteiger partial charge on any atom is -0.351 e. The van der Waals surface area contributed by atoms with Gasteiger partial charge in [0.05, 0.1) is 17.1 Å². The van der Waals surface area contributed by atoms with Gasteiger partial charge in [-0.2, -0.15) is 0 Å². The van der Waals surface area contributed by atoms with Crippen molar-refractivity contribution >= 4 is 35.3 Å². The molecule has 1 atom stereocenters. The smallest absolute Gasteiger partial charge is 0.265 e. The molecule has 0 unspecified atom stereocenters. The molecule has 2 amide bonds. The van der Waals surface area contributed by atoms with Crippen molar-refractivity contribution in [2.75, 3.05) is 11.4 Å². The summed E-state index contributed by atoms with van der Waals surface area (Å²) in [6, 6.07) is 32.0. The molecule has 0 aliphatic carbocycles. The Bertz CT molecular complexity index is 1530. The molecule has 0 saturated carbocycles. The molecule has 0 saturated heterocycles.